The van der Waals surface area contributed by atoms with Gasteiger partial charge in [-0.2, -0.15) is 10.5 Å². The lowest BCUT2D eigenvalue weighted by atomic mass is 10.2. The van der Waals surface area contributed by atoms with Crippen molar-refractivity contribution in [2.24, 2.45) is 0 Å². The summed E-state index contributed by atoms with van der Waals surface area (Å²) in [7, 11) is 0. The van der Waals surface area contributed by atoms with Crippen LogP contribution in [-0.2, 0) is 0 Å². The standard InChI is InChI=1S/C13H7N3O/c14-8-10-3-1-4-11(7-10)17-13-5-2-6-16-12(13)9-15/h1-7H. The average molecular weight is 221 g/mol. The molecule has 0 saturated heterocycles. The first kappa shape index (κ1) is 10.7. The first-order valence-corrected chi connectivity index (χ1v) is 4.86. The number of rotatable bonds is 2. The summed E-state index contributed by atoms with van der Waals surface area (Å²) >= 11 is 0. The van der Waals surface area contributed by atoms with E-state index >= 15 is 0 Å². The van der Waals surface area contributed by atoms with E-state index in [0.717, 1.165) is 0 Å². The number of hydrogen-bond acceptors (Lipinski definition) is 4. The fourth-order valence-electron chi connectivity index (χ4n) is 1.31. The molecule has 80 valence electrons. The summed E-state index contributed by atoms with van der Waals surface area (Å²) in [6.07, 6.45) is 1.52. The van der Waals surface area contributed by atoms with Gasteiger partial charge in [-0.1, -0.05) is 6.07 Å². The number of ether oxygens (including phenoxy) is 1. The molecule has 0 atom stereocenters. The largest absolute Gasteiger partial charge is 0.454 e. The van der Waals surface area contributed by atoms with Gasteiger partial charge in [-0.3, -0.25) is 0 Å². The molecule has 0 bridgehead atoms. The third-order valence-electron chi connectivity index (χ3n) is 2.07. The molecule has 2 aromatic rings. The van der Waals surface area contributed by atoms with Crippen LogP contribution < -0.4 is 4.74 Å². The van der Waals surface area contributed by atoms with Crippen molar-refractivity contribution >= 4 is 0 Å². The van der Waals surface area contributed by atoms with Gasteiger partial charge >= 0.3 is 0 Å². The lowest BCUT2D eigenvalue weighted by molar-refractivity contribution is 0.478. The van der Waals surface area contributed by atoms with E-state index in [1.165, 1.54) is 6.20 Å². The second-order valence-corrected chi connectivity index (χ2v) is 3.20. The van der Waals surface area contributed by atoms with Crippen LogP contribution in [0.2, 0.25) is 0 Å². The van der Waals surface area contributed by atoms with Gasteiger partial charge in [-0.25, -0.2) is 4.98 Å². The predicted octanol–water partition coefficient (Wildman–Crippen LogP) is 2.62. The lowest BCUT2D eigenvalue weighted by Crippen LogP contribution is -1.90. The molecule has 0 aliphatic heterocycles. The highest BCUT2D eigenvalue weighted by atomic mass is 16.5. The highest BCUT2D eigenvalue weighted by Gasteiger charge is 2.05. The van der Waals surface area contributed by atoms with E-state index < -0.39 is 0 Å². The smallest absolute Gasteiger partial charge is 0.183 e. The first-order valence-electron chi connectivity index (χ1n) is 4.86. The Labute approximate surface area is 98.3 Å². The van der Waals surface area contributed by atoms with E-state index in [-0.39, 0.29) is 5.69 Å². The Bertz CT molecular complexity index is 623. The van der Waals surface area contributed by atoms with Crippen LogP contribution >= 0.6 is 0 Å². The van der Waals surface area contributed by atoms with Crippen LogP contribution in [0.25, 0.3) is 0 Å². The van der Waals surface area contributed by atoms with Gasteiger partial charge in [-0.05, 0) is 30.3 Å². The van der Waals surface area contributed by atoms with Crippen LogP contribution in [0.15, 0.2) is 42.6 Å². The minimum Gasteiger partial charge on any atom is -0.454 e. The Morgan fingerprint density at radius 1 is 1.06 bits per heavy atom. The Hall–Kier alpha value is -2.85. The van der Waals surface area contributed by atoms with Gasteiger partial charge in [0.2, 0.25) is 0 Å². The average Bonchev–Trinajstić information content (AvgIpc) is 2.39. The number of benzene rings is 1. The first-order chi connectivity index (χ1) is 8.33. The van der Waals surface area contributed by atoms with Crippen molar-refractivity contribution in [1.29, 1.82) is 10.5 Å². The molecule has 0 aliphatic carbocycles. The molecule has 0 unspecified atom stereocenters. The zero-order valence-corrected chi connectivity index (χ0v) is 8.79. The molecule has 0 spiro atoms. The van der Waals surface area contributed by atoms with E-state index in [9.17, 15) is 0 Å². The molecule has 0 saturated carbocycles. The number of aromatic nitrogens is 1. The number of nitrogens with zero attached hydrogens (tertiary/aromatic N) is 3. The SMILES string of the molecule is N#Cc1cccc(Oc2cccnc2C#N)c1. The molecule has 2 rings (SSSR count). The quantitative estimate of drug-likeness (QED) is 0.781. The molecule has 0 fully saturated rings. The highest BCUT2D eigenvalue weighted by Crippen LogP contribution is 2.23. The summed E-state index contributed by atoms with van der Waals surface area (Å²) in [4.78, 5) is 3.88. The molecule has 1 aromatic carbocycles. The van der Waals surface area contributed by atoms with Gasteiger partial charge in [0.15, 0.2) is 11.4 Å². The summed E-state index contributed by atoms with van der Waals surface area (Å²) in [5.74, 6) is 0.888. The number of pyridine rings is 1. The zero-order chi connectivity index (χ0) is 12.1. The summed E-state index contributed by atoms with van der Waals surface area (Å²) in [5.41, 5.74) is 0.722. The highest BCUT2D eigenvalue weighted by molar-refractivity contribution is 5.42. The lowest BCUT2D eigenvalue weighted by Gasteiger charge is -2.06. The summed E-state index contributed by atoms with van der Waals surface area (Å²) in [6, 6.07) is 14.0. The monoisotopic (exact) mass is 221 g/mol. The molecular formula is C13H7N3O. The molecule has 1 aromatic heterocycles. The number of hydrogen-bond donors (Lipinski definition) is 0. The maximum absolute atomic E-state index is 8.85. The number of nitriles is 2. The molecule has 0 amide bonds. The van der Waals surface area contributed by atoms with E-state index in [1.807, 2.05) is 12.1 Å². The van der Waals surface area contributed by atoms with E-state index in [2.05, 4.69) is 4.98 Å². The zero-order valence-electron chi connectivity index (χ0n) is 8.79. The molecule has 0 aliphatic rings. The fourth-order valence-corrected chi connectivity index (χ4v) is 1.31. The minimum absolute atomic E-state index is 0.217. The Kier molecular flexibility index (Phi) is 3.00. The predicted molar refractivity (Wildman–Crippen MR) is 60.2 cm³/mol. The molecule has 4 heteroatoms. The van der Waals surface area contributed by atoms with Crippen LogP contribution in [-0.4, -0.2) is 4.98 Å². The van der Waals surface area contributed by atoms with Crippen molar-refractivity contribution in [1.82, 2.24) is 4.98 Å². The van der Waals surface area contributed by atoms with Gasteiger partial charge in [0.25, 0.3) is 0 Å². The summed E-state index contributed by atoms with van der Waals surface area (Å²) in [5, 5.41) is 17.6. The molecule has 4 nitrogen and oxygen atoms in total. The molecule has 17 heavy (non-hydrogen) atoms. The topological polar surface area (TPSA) is 69.7 Å². The van der Waals surface area contributed by atoms with Gasteiger partial charge in [0.1, 0.15) is 11.8 Å². The van der Waals surface area contributed by atoms with Crippen molar-refractivity contribution in [2.45, 2.75) is 0 Å². The second kappa shape index (κ2) is 4.78. The molecule has 0 N–H and O–H groups in total. The van der Waals surface area contributed by atoms with Crippen LogP contribution in [0.4, 0.5) is 0 Å². The molecular weight excluding hydrogens is 214 g/mol. The Morgan fingerprint density at radius 2 is 1.94 bits per heavy atom. The summed E-state index contributed by atoms with van der Waals surface area (Å²) < 4.78 is 5.51. The van der Waals surface area contributed by atoms with Crippen molar-refractivity contribution < 1.29 is 4.74 Å². The van der Waals surface area contributed by atoms with Crippen LogP contribution in [0.3, 0.4) is 0 Å². The van der Waals surface area contributed by atoms with Gasteiger partial charge in [0, 0.05) is 6.20 Å². The van der Waals surface area contributed by atoms with Gasteiger partial charge in [-0.15, -0.1) is 0 Å². The normalized spacial score (nSPS) is 9.06. The Morgan fingerprint density at radius 3 is 2.71 bits per heavy atom. The van der Waals surface area contributed by atoms with E-state index in [1.54, 1.807) is 36.4 Å². The summed E-state index contributed by atoms with van der Waals surface area (Å²) in [6.45, 7) is 0. The van der Waals surface area contributed by atoms with Crippen molar-refractivity contribution in [3.05, 3.63) is 53.9 Å². The van der Waals surface area contributed by atoms with Crippen molar-refractivity contribution in [3.63, 3.8) is 0 Å². The third-order valence-corrected chi connectivity index (χ3v) is 2.07. The van der Waals surface area contributed by atoms with Gasteiger partial charge in [0.05, 0.1) is 11.6 Å². The maximum Gasteiger partial charge on any atom is 0.183 e. The van der Waals surface area contributed by atoms with E-state index in [0.29, 0.717) is 17.1 Å². The Balaban J connectivity index is 2.32. The molecule has 1 heterocycles. The minimum atomic E-state index is 0.217. The third kappa shape index (κ3) is 2.39. The van der Waals surface area contributed by atoms with Crippen LogP contribution in [0.5, 0.6) is 11.5 Å². The van der Waals surface area contributed by atoms with Crippen LogP contribution in [0.1, 0.15) is 11.3 Å². The fraction of sp³-hybridized carbons (Fsp3) is 0. The van der Waals surface area contributed by atoms with Crippen LogP contribution in [0, 0.1) is 22.7 Å². The van der Waals surface area contributed by atoms with Gasteiger partial charge < -0.3 is 4.74 Å². The second-order valence-electron chi connectivity index (χ2n) is 3.20. The maximum atomic E-state index is 8.85. The van der Waals surface area contributed by atoms with Crippen molar-refractivity contribution in [3.8, 4) is 23.6 Å². The molecule has 0 radical (unpaired) electrons. The van der Waals surface area contributed by atoms with E-state index in [4.69, 9.17) is 15.3 Å². The van der Waals surface area contributed by atoms with Crippen molar-refractivity contribution in [2.75, 3.05) is 0 Å².